The molecule has 0 spiro atoms. The zero-order chi connectivity index (χ0) is 11.4. The third-order valence-corrected chi connectivity index (χ3v) is 3.99. The largest absolute Gasteiger partial charge is 0.314 e. The zero-order valence-electron chi connectivity index (χ0n) is 9.45. The average Bonchev–Trinajstić information content (AvgIpc) is 2.23. The highest BCUT2D eigenvalue weighted by molar-refractivity contribution is 9.10. The van der Waals surface area contributed by atoms with Crippen LogP contribution in [0.25, 0.3) is 0 Å². The Hall–Kier alpha value is -0.600. The molecule has 1 aromatic rings. The van der Waals surface area contributed by atoms with E-state index in [9.17, 15) is 0 Å². The average molecular weight is 280 g/mol. The van der Waals surface area contributed by atoms with Crippen molar-refractivity contribution in [1.82, 2.24) is 5.32 Å². The summed E-state index contributed by atoms with van der Waals surface area (Å²) in [4.78, 5) is 0. The highest BCUT2D eigenvalue weighted by atomic mass is 79.9. The summed E-state index contributed by atoms with van der Waals surface area (Å²) in [7, 11) is 0. The van der Waals surface area contributed by atoms with Crippen molar-refractivity contribution in [2.75, 3.05) is 6.54 Å². The molecule has 0 aliphatic heterocycles. The first kappa shape index (κ1) is 11.9. The van der Waals surface area contributed by atoms with Crippen LogP contribution in [0.2, 0.25) is 0 Å². The topological polar surface area (TPSA) is 12.0 Å². The highest BCUT2D eigenvalue weighted by Gasteiger charge is 2.30. The summed E-state index contributed by atoms with van der Waals surface area (Å²) in [5.41, 5.74) is 1.46. The second-order valence-corrected chi connectivity index (χ2v) is 5.27. The van der Waals surface area contributed by atoms with Gasteiger partial charge in [0.2, 0.25) is 0 Å². The van der Waals surface area contributed by atoms with Gasteiger partial charge in [-0.1, -0.05) is 40.2 Å². The zero-order valence-corrected chi connectivity index (χ0v) is 11.0. The summed E-state index contributed by atoms with van der Waals surface area (Å²) in [6.07, 6.45) is 5.56. The van der Waals surface area contributed by atoms with Gasteiger partial charge in [-0.3, -0.25) is 0 Å². The Morgan fingerprint density at radius 3 is 2.81 bits per heavy atom. The summed E-state index contributed by atoms with van der Waals surface area (Å²) in [5, 5.41) is 3.55. The molecule has 0 unspecified atom stereocenters. The van der Waals surface area contributed by atoms with Crippen LogP contribution in [0.1, 0.15) is 30.7 Å². The molecule has 0 amide bonds. The molecule has 0 radical (unpaired) electrons. The van der Waals surface area contributed by atoms with Crippen molar-refractivity contribution in [2.45, 2.75) is 31.2 Å². The fraction of sp³-hybridized carbons (Fsp3) is 0.429. The number of halogens is 1. The van der Waals surface area contributed by atoms with Gasteiger partial charge >= 0.3 is 0 Å². The molecular weight excluding hydrogens is 262 g/mol. The maximum absolute atomic E-state index is 3.73. The van der Waals surface area contributed by atoms with Gasteiger partial charge in [0.1, 0.15) is 0 Å². The number of hydrogen-bond donors (Lipinski definition) is 1. The summed E-state index contributed by atoms with van der Waals surface area (Å²) in [6.45, 7) is 4.80. The molecule has 0 heterocycles. The van der Waals surface area contributed by atoms with E-state index in [-0.39, 0.29) is 0 Å². The van der Waals surface area contributed by atoms with Gasteiger partial charge in [0.25, 0.3) is 0 Å². The van der Waals surface area contributed by atoms with Gasteiger partial charge in [-0.25, -0.2) is 0 Å². The lowest BCUT2D eigenvalue weighted by Gasteiger charge is -2.36. The molecule has 2 rings (SSSR count). The summed E-state index contributed by atoms with van der Waals surface area (Å²) < 4.78 is 1.25. The molecule has 86 valence electrons. The van der Waals surface area contributed by atoms with E-state index in [0.717, 1.165) is 18.9 Å². The molecule has 0 atom stereocenters. The van der Waals surface area contributed by atoms with Crippen LogP contribution < -0.4 is 5.32 Å². The minimum absolute atomic E-state index is 0.706. The third kappa shape index (κ3) is 2.74. The van der Waals surface area contributed by atoms with Gasteiger partial charge in [-0.05, 0) is 43.4 Å². The van der Waals surface area contributed by atoms with E-state index < -0.39 is 0 Å². The monoisotopic (exact) mass is 279 g/mol. The van der Waals surface area contributed by atoms with E-state index in [0.29, 0.717) is 6.04 Å². The smallest absolute Gasteiger partial charge is 0.0210 e. The lowest BCUT2D eigenvalue weighted by molar-refractivity contribution is 0.292. The Balaban J connectivity index is 1.80. The van der Waals surface area contributed by atoms with Crippen LogP contribution in [-0.4, -0.2) is 12.6 Å². The van der Waals surface area contributed by atoms with Gasteiger partial charge in [-0.2, -0.15) is 0 Å². The minimum Gasteiger partial charge on any atom is -0.314 e. The Kier molecular flexibility index (Phi) is 4.19. The molecular formula is C14H18BrN. The predicted molar refractivity (Wildman–Crippen MR) is 72.7 cm³/mol. The number of hydrogen-bond acceptors (Lipinski definition) is 1. The Bertz CT molecular complexity index is 356. The molecule has 0 bridgehead atoms. The molecule has 1 fully saturated rings. The van der Waals surface area contributed by atoms with E-state index in [1.807, 2.05) is 6.08 Å². The van der Waals surface area contributed by atoms with E-state index in [4.69, 9.17) is 0 Å². The third-order valence-electron chi connectivity index (χ3n) is 3.26. The van der Waals surface area contributed by atoms with Crippen molar-refractivity contribution in [3.05, 3.63) is 47.0 Å². The molecule has 1 N–H and O–H groups in total. The van der Waals surface area contributed by atoms with Crippen LogP contribution in [0, 0.1) is 0 Å². The maximum Gasteiger partial charge on any atom is 0.0210 e. The standard InChI is InChI=1S/C14H18BrN/c1-2-3-8-16-12-9-11(10-12)13-6-4-5-7-14(13)15/h2,4-7,11-12,16H,1,3,8-10H2. The van der Waals surface area contributed by atoms with Crippen LogP contribution >= 0.6 is 15.9 Å². The van der Waals surface area contributed by atoms with Crippen molar-refractivity contribution < 1.29 is 0 Å². The molecule has 0 saturated heterocycles. The quantitative estimate of drug-likeness (QED) is 0.638. The van der Waals surface area contributed by atoms with Gasteiger partial charge in [-0.15, -0.1) is 6.58 Å². The Morgan fingerprint density at radius 1 is 1.38 bits per heavy atom. The lowest BCUT2D eigenvalue weighted by atomic mass is 9.76. The molecule has 1 saturated carbocycles. The molecule has 2 heteroatoms. The summed E-state index contributed by atoms with van der Waals surface area (Å²) in [6, 6.07) is 9.27. The number of benzene rings is 1. The van der Waals surface area contributed by atoms with Crippen LogP contribution in [0.3, 0.4) is 0 Å². The van der Waals surface area contributed by atoms with Gasteiger partial charge < -0.3 is 5.32 Å². The first-order chi connectivity index (χ1) is 7.81. The normalized spacial score (nSPS) is 23.8. The molecule has 1 aliphatic carbocycles. The second kappa shape index (κ2) is 5.65. The van der Waals surface area contributed by atoms with Crippen molar-refractivity contribution in [3.8, 4) is 0 Å². The van der Waals surface area contributed by atoms with Crippen LogP contribution in [-0.2, 0) is 0 Å². The first-order valence-corrected chi connectivity index (χ1v) is 6.69. The van der Waals surface area contributed by atoms with E-state index >= 15 is 0 Å². The fourth-order valence-corrected chi connectivity index (χ4v) is 2.84. The molecule has 1 aromatic carbocycles. The Morgan fingerprint density at radius 2 is 2.12 bits per heavy atom. The highest BCUT2D eigenvalue weighted by Crippen LogP contribution is 2.39. The van der Waals surface area contributed by atoms with Gasteiger partial charge in [0.15, 0.2) is 0 Å². The van der Waals surface area contributed by atoms with Gasteiger partial charge in [0, 0.05) is 10.5 Å². The van der Waals surface area contributed by atoms with E-state index in [2.05, 4.69) is 52.1 Å². The SMILES string of the molecule is C=CCCNC1CC(c2ccccc2Br)C1. The minimum atomic E-state index is 0.706. The van der Waals surface area contributed by atoms with Gasteiger partial charge in [0.05, 0.1) is 0 Å². The van der Waals surface area contributed by atoms with Crippen molar-refractivity contribution in [1.29, 1.82) is 0 Å². The van der Waals surface area contributed by atoms with Crippen LogP contribution in [0.4, 0.5) is 0 Å². The molecule has 0 aromatic heterocycles. The van der Waals surface area contributed by atoms with Crippen molar-refractivity contribution in [2.24, 2.45) is 0 Å². The van der Waals surface area contributed by atoms with Crippen LogP contribution in [0.15, 0.2) is 41.4 Å². The van der Waals surface area contributed by atoms with Crippen molar-refractivity contribution in [3.63, 3.8) is 0 Å². The summed E-state index contributed by atoms with van der Waals surface area (Å²) >= 11 is 3.62. The van der Waals surface area contributed by atoms with Crippen molar-refractivity contribution >= 4 is 15.9 Å². The lowest BCUT2D eigenvalue weighted by Crippen LogP contribution is -2.40. The van der Waals surface area contributed by atoms with E-state index in [1.54, 1.807) is 0 Å². The van der Waals surface area contributed by atoms with E-state index in [1.165, 1.54) is 22.9 Å². The second-order valence-electron chi connectivity index (χ2n) is 4.42. The summed E-state index contributed by atoms with van der Waals surface area (Å²) in [5.74, 6) is 0.733. The Labute approximate surface area is 106 Å². The molecule has 16 heavy (non-hydrogen) atoms. The number of nitrogens with one attached hydrogen (secondary N) is 1. The number of rotatable bonds is 5. The predicted octanol–water partition coefficient (Wildman–Crippen LogP) is 3.86. The fourth-order valence-electron chi connectivity index (χ4n) is 2.23. The maximum atomic E-state index is 3.73. The molecule has 1 aliphatic rings. The first-order valence-electron chi connectivity index (χ1n) is 5.90. The van der Waals surface area contributed by atoms with Crippen LogP contribution in [0.5, 0.6) is 0 Å². The molecule has 1 nitrogen and oxygen atoms in total.